The van der Waals surface area contributed by atoms with E-state index in [0.29, 0.717) is 13.2 Å². The smallest absolute Gasteiger partial charge is 0.119 e. The molecule has 4 nitrogen and oxygen atoms in total. The first-order valence-corrected chi connectivity index (χ1v) is 5.94. The fraction of sp³-hybridized carbons (Fsp3) is 0.538. The molecule has 2 rings (SSSR count). The molecule has 0 aromatic heterocycles. The van der Waals surface area contributed by atoms with Gasteiger partial charge >= 0.3 is 0 Å². The van der Waals surface area contributed by atoms with Gasteiger partial charge in [0.2, 0.25) is 0 Å². The van der Waals surface area contributed by atoms with Crippen LogP contribution >= 0.6 is 0 Å². The van der Waals surface area contributed by atoms with Crippen molar-refractivity contribution in [3.63, 3.8) is 0 Å². The van der Waals surface area contributed by atoms with Crippen LogP contribution < -0.4 is 10.1 Å². The van der Waals surface area contributed by atoms with Crippen molar-refractivity contribution in [1.29, 1.82) is 0 Å². The Balaban J connectivity index is 1.68. The van der Waals surface area contributed by atoms with Gasteiger partial charge in [-0.2, -0.15) is 0 Å². The first kappa shape index (κ1) is 12.4. The highest BCUT2D eigenvalue weighted by molar-refractivity contribution is 5.28. The van der Waals surface area contributed by atoms with Crippen LogP contribution in [0, 0.1) is 0 Å². The van der Waals surface area contributed by atoms with E-state index in [0.717, 1.165) is 25.5 Å². The van der Waals surface area contributed by atoms with Gasteiger partial charge in [-0.25, -0.2) is 0 Å². The van der Waals surface area contributed by atoms with E-state index in [1.54, 1.807) is 0 Å². The minimum Gasteiger partial charge on any atom is -0.491 e. The molecule has 0 bridgehead atoms. The molecule has 4 heteroatoms. The van der Waals surface area contributed by atoms with Gasteiger partial charge in [0.1, 0.15) is 18.5 Å². The summed E-state index contributed by atoms with van der Waals surface area (Å²) in [4.78, 5) is 0. The summed E-state index contributed by atoms with van der Waals surface area (Å²) in [6, 6.07) is 8.09. The monoisotopic (exact) mass is 237 g/mol. The molecule has 1 aliphatic heterocycles. The predicted octanol–water partition coefficient (Wildman–Crippen LogP) is 1.20. The average molecular weight is 237 g/mol. The van der Waals surface area contributed by atoms with Crippen molar-refractivity contribution in [3.05, 3.63) is 29.8 Å². The van der Waals surface area contributed by atoms with Gasteiger partial charge in [-0.3, -0.25) is 0 Å². The fourth-order valence-electron chi connectivity index (χ4n) is 1.63. The molecule has 0 amide bonds. The largest absolute Gasteiger partial charge is 0.491 e. The first-order chi connectivity index (χ1) is 8.38. The molecular weight excluding hydrogens is 218 g/mol. The van der Waals surface area contributed by atoms with E-state index in [1.807, 2.05) is 25.2 Å². The number of ether oxygens (including phenoxy) is 3. The molecule has 94 valence electrons. The molecule has 0 unspecified atom stereocenters. The molecule has 0 saturated carbocycles. The molecular formula is C13H19NO3. The molecule has 1 aliphatic rings. The van der Waals surface area contributed by atoms with E-state index in [1.165, 1.54) is 5.56 Å². The van der Waals surface area contributed by atoms with Crippen LogP contribution in [0.5, 0.6) is 5.75 Å². The highest BCUT2D eigenvalue weighted by atomic mass is 16.6. The summed E-state index contributed by atoms with van der Waals surface area (Å²) in [6.45, 7) is 3.49. The Morgan fingerprint density at radius 3 is 2.94 bits per heavy atom. The zero-order valence-electron chi connectivity index (χ0n) is 10.1. The summed E-state index contributed by atoms with van der Waals surface area (Å²) in [5.74, 6) is 0.895. The lowest BCUT2D eigenvalue weighted by molar-refractivity contribution is -0.132. The van der Waals surface area contributed by atoms with Crippen molar-refractivity contribution in [2.45, 2.75) is 12.6 Å². The van der Waals surface area contributed by atoms with Gasteiger partial charge in [0.05, 0.1) is 19.8 Å². The highest BCUT2D eigenvalue weighted by Crippen LogP contribution is 2.13. The summed E-state index contributed by atoms with van der Waals surface area (Å²) in [5.41, 5.74) is 1.22. The topological polar surface area (TPSA) is 39.7 Å². The van der Waals surface area contributed by atoms with Gasteiger partial charge in [-0.15, -0.1) is 0 Å². The van der Waals surface area contributed by atoms with Gasteiger partial charge in [0, 0.05) is 6.54 Å². The van der Waals surface area contributed by atoms with Crippen LogP contribution in [-0.2, 0) is 16.0 Å². The zero-order valence-corrected chi connectivity index (χ0v) is 10.1. The Morgan fingerprint density at radius 1 is 1.35 bits per heavy atom. The van der Waals surface area contributed by atoms with E-state index in [-0.39, 0.29) is 6.10 Å². The van der Waals surface area contributed by atoms with Crippen molar-refractivity contribution in [1.82, 2.24) is 5.32 Å². The van der Waals surface area contributed by atoms with Gasteiger partial charge in [0.25, 0.3) is 0 Å². The number of benzene rings is 1. The van der Waals surface area contributed by atoms with Crippen LogP contribution in [0.4, 0.5) is 0 Å². The lowest BCUT2D eigenvalue weighted by Gasteiger charge is -2.25. The van der Waals surface area contributed by atoms with Gasteiger partial charge in [-0.05, 0) is 24.7 Å². The minimum absolute atomic E-state index is 0.272. The van der Waals surface area contributed by atoms with Crippen LogP contribution in [0.1, 0.15) is 5.56 Å². The zero-order chi connectivity index (χ0) is 11.9. The van der Waals surface area contributed by atoms with Crippen molar-refractivity contribution in [3.8, 4) is 5.75 Å². The van der Waals surface area contributed by atoms with Crippen LogP contribution in [0.2, 0.25) is 0 Å². The maximum Gasteiger partial charge on any atom is 0.119 e. The second-order valence-electron chi connectivity index (χ2n) is 4.06. The Hall–Kier alpha value is -1.10. The van der Waals surface area contributed by atoms with Crippen LogP contribution in [0.25, 0.3) is 0 Å². The number of hydrogen-bond donors (Lipinski definition) is 1. The summed E-state index contributed by atoms with van der Waals surface area (Å²) >= 11 is 0. The van der Waals surface area contributed by atoms with E-state index in [4.69, 9.17) is 14.2 Å². The highest BCUT2D eigenvalue weighted by Gasteiger charge is 2.18. The maximum absolute atomic E-state index is 5.62. The number of hydrogen-bond acceptors (Lipinski definition) is 4. The predicted molar refractivity (Wildman–Crippen MR) is 65.3 cm³/mol. The molecule has 1 aromatic carbocycles. The summed E-state index contributed by atoms with van der Waals surface area (Å²) < 4.78 is 16.2. The summed E-state index contributed by atoms with van der Waals surface area (Å²) in [6.07, 6.45) is 0.272. The molecule has 0 radical (unpaired) electrons. The summed E-state index contributed by atoms with van der Waals surface area (Å²) in [7, 11) is 1.93. The van der Waals surface area contributed by atoms with Crippen molar-refractivity contribution in [2.24, 2.45) is 0 Å². The van der Waals surface area contributed by atoms with E-state index in [9.17, 15) is 0 Å². The molecule has 1 saturated heterocycles. The SMILES string of the molecule is CNCc1cccc(OCCOC2COC2)c1. The van der Waals surface area contributed by atoms with Crippen LogP contribution in [0.15, 0.2) is 24.3 Å². The Morgan fingerprint density at radius 2 is 2.24 bits per heavy atom. The van der Waals surface area contributed by atoms with Gasteiger partial charge < -0.3 is 19.5 Å². The van der Waals surface area contributed by atoms with Gasteiger partial charge in [0.15, 0.2) is 0 Å². The lowest BCUT2D eigenvalue weighted by atomic mass is 10.2. The third kappa shape index (κ3) is 4.00. The average Bonchev–Trinajstić information content (AvgIpc) is 2.27. The third-order valence-electron chi connectivity index (χ3n) is 2.59. The van der Waals surface area contributed by atoms with Crippen molar-refractivity contribution >= 4 is 0 Å². The summed E-state index contributed by atoms with van der Waals surface area (Å²) in [5, 5.41) is 3.11. The van der Waals surface area contributed by atoms with Crippen molar-refractivity contribution < 1.29 is 14.2 Å². The van der Waals surface area contributed by atoms with Crippen LogP contribution in [-0.4, -0.2) is 39.6 Å². The van der Waals surface area contributed by atoms with E-state index in [2.05, 4.69) is 11.4 Å². The molecule has 1 N–H and O–H groups in total. The molecule has 1 fully saturated rings. The fourth-order valence-corrected chi connectivity index (χ4v) is 1.63. The molecule has 1 aromatic rings. The lowest BCUT2D eigenvalue weighted by Crippen LogP contribution is -2.37. The Labute approximate surface area is 102 Å². The number of nitrogens with one attached hydrogen (secondary N) is 1. The Bertz CT molecular complexity index is 339. The molecule has 17 heavy (non-hydrogen) atoms. The normalized spacial score (nSPS) is 15.6. The third-order valence-corrected chi connectivity index (χ3v) is 2.59. The number of rotatable bonds is 7. The second-order valence-corrected chi connectivity index (χ2v) is 4.06. The molecule has 0 aliphatic carbocycles. The van der Waals surface area contributed by atoms with Gasteiger partial charge in [-0.1, -0.05) is 12.1 Å². The second kappa shape index (κ2) is 6.59. The Kier molecular flexibility index (Phi) is 4.79. The van der Waals surface area contributed by atoms with Crippen molar-refractivity contribution in [2.75, 3.05) is 33.5 Å². The maximum atomic E-state index is 5.62. The standard InChI is InChI=1S/C13H19NO3/c1-14-8-11-3-2-4-12(7-11)16-5-6-17-13-9-15-10-13/h2-4,7,13-14H,5-6,8-10H2,1H3. The van der Waals surface area contributed by atoms with E-state index < -0.39 is 0 Å². The minimum atomic E-state index is 0.272. The molecule has 0 spiro atoms. The molecule has 0 atom stereocenters. The first-order valence-electron chi connectivity index (χ1n) is 5.94. The quantitative estimate of drug-likeness (QED) is 0.723. The molecule has 1 heterocycles. The van der Waals surface area contributed by atoms with Crippen LogP contribution in [0.3, 0.4) is 0 Å². The van der Waals surface area contributed by atoms with E-state index >= 15 is 0 Å².